The van der Waals surface area contributed by atoms with E-state index in [-0.39, 0.29) is 25.6 Å². The summed E-state index contributed by atoms with van der Waals surface area (Å²) in [5, 5.41) is 20.2. The van der Waals surface area contributed by atoms with E-state index in [9.17, 15) is 9.59 Å². The SMILES string of the molecule is CCCN(CCO)C(=O)Nc1ccc(CC(=O)O)nc1. The van der Waals surface area contributed by atoms with E-state index in [1.807, 2.05) is 6.92 Å². The Kier molecular flexibility index (Phi) is 6.45. The summed E-state index contributed by atoms with van der Waals surface area (Å²) in [5.74, 6) is -0.952. The maximum absolute atomic E-state index is 11.9. The molecule has 110 valence electrons. The number of aliphatic carboxylic acids is 1. The highest BCUT2D eigenvalue weighted by Crippen LogP contribution is 2.08. The zero-order valence-electron chi connectivity index (χ0n) is 11.4. The highest BCUT2D eigenvalue weighted by molar-refractivity contribution is 5.89. The summed E-state index contributed by atoms with van der Waals surface area (Å²) in [4.78, 5) is 27.9. The molecular weight excluding hydrogens is 262 g/mol. The first-order valence-electron chi connectivity index (χ1n) is 6.40. The van der Waals surface area contributed by atoms with Crippen LogP contribution in [0.2, 0.25) is 0 Å². The second kappa shape index (κ2) is 8.11. The minimum absolute atomic E-state index is 0.0940. The van der Waals surface area contributed by atoms with Crippen LogP contribution in [0.25, 0.3) is 0 Å². The number of nitrogens with zero attached hydrogens (tertiary/aromatic N) is 2. The lowest BCUT2D eigenvalue weighted by atomic mass is 10.2. The van der Waals surface area contributed by atoms with Crippen molar-refractivity contribution in [2.75, 3.05) is 25.0 Å². The van der Waals surface area contributed by atoms with E-state index < -0.39 is 5.97 Å². The van der Waals surface area contributed by atoms with Crippen LogP contribution in [0.3, 0.4) is 0 Å². The number of urea groups is 1. The minimum atomic E-state index is -0.952. The van der Waals surface area contributed by atoms with Crippen molar-refractivity contribution in [3.63, 3.8) is 0 Å². The molecule has 7 nitrogen and oxygen atoms in total. The molecule has 0 aliphatic rings. The van der Waals surface area contributed by atoms with Crippen molar-refractivity contribution in [3.05, 3.63) is 24.0 Å². The zero-order valence-corrected chi connectivity index (χ0v) is 11.4. The molecule has 0 saturated heterocycles. The van der Waals surface area contributed by atoms with E-state index in [4.69, 9.17) is 10.2 Å². The zero-order chi connectivity index (χ0) is 15.0. The van der Waals surface area contributed by atoms with Crippen LogP contribution in [0.4, 0.5) is 10.5 Å². The predicted octanol–water partition coefficient (Wildman–Crippen LogP) is 0.945. The normalized spacial score (nSPS) is 10.1. The average Bonchev–Trinajstić information content (AvgIpc) is 2.40. The van der Waals surface area contributed by atoms with Crippen molar-refractivity contribution in [3.8, 4) is 0 Å². The van der Waals surface area contributed by atoms with Crippen LogP contribution in [0.15, 0.2) is 18.3 Å². The summed E-state index contributed by atoms with van der Waals surface area (Å²) >= 11 is 0. The van der Waals surface area contributed by atoms with Crippen molar-refractivity contribution >= 4 is 17.7 Å². The van der Waals surface area contributed by atoms with Gasteiger partial charge in [-0.2, -0.15) is 0 Å². The standard InChI is InChI=1S/C13H19N3O4/c1-2-5-16(6-7-17)13(20)15-11-4-3-10(14-9-11)8-12(18)19/h3-4,9,17H,2,5-8H2,1H3,(H,15,20)(H,18,19). The van der Waals surface area contributed by atoms with E-state index in [0.717, 1.165) is 6.42 Å². The van der Waals surface area contributed by atoms with Crippen LogP contribution < -0.4 is 5.32 Å². The van der Waals surface area contributed by atoms with Crippen LogP contribution in [-0.2, 0) is 11.2 Å². The third-order valence-electron chi connectivity index (χ3n) is 2.56. The highest BCUT2D eigenvalue weighted by Gasteiger charge is 2.12. The molecule has 20 heavy (non-hydrogen) atoms. The predicted molar refractivity (Wildman–Crippen MR) is 73.5 cm³/mol. The topological polar surface area (TPSA) is 103 Å². The van der Waals surface area contributed by atoms with Gasteiger partial charge in [-0.3, -0.25) is 9.78 Å². The van der Waals surface area contributed by atoms with Gasteiger partial charge in [-0.1, -0.05) is 6.92 Å². The van der Waals surface area contributed by atoms with Gasteiger partial charge >= 0.3 is 12.0 Å². The lowest BCUT2D eigenvalue weighted by molar-refractivity contribution is -0.136. The Morgan fingerprint density at radius 2 is 2.10 bits per heavy atom. The average molecular weight is 281 g/mol. The van der Waals surface area contributed by atoms with Gasteiger partial charge in [-0.25, -0.2) is 4.79 Å². The van der Waals surface area contributed by atoms with Gasteiger partial charge in [0.1, 0.15) is 0 Å². The van der Waals surface area contributed by atoms with Crippen molar-refractivity contribution in [2.45, 2.75) is 19.8 Å². The van der Waals surface area contributed by atoms with E-state index in [1.54, 1.807) is 12.1 Å². The quantitative estimate of drug-likeness (QED) is 0.690. The van der Waals surface area contributed by atoms with Crippen LogP contribution in [-0.4, -0.2) is 51.8 Å². The monoisotopic (exact) mass is 281 g/mol. The molecule has 0 aliphatic heterocycles. The molecular formula is C13H19N3O4. The molecule has 0 radical (unpaired) electrons. The van der Waals surface area contributed by atoms with E-state index >= 15 is 0 Å². The molecule has 0 fully saturated rings. The van der Waals surface area contributed by atoms with Gasteiger partial charge in [0.2, 0.25) is 0 Å². The number of rotatable bonds is 7. The number of carboxylic acids is 1. The third kappa shape index (κ3) is 5.23. The number of amides is 2. The molecule has 1 heterocycles. The number of carboxylic acid groups (broad SMARTS) is 1. The Bertz CT molecular complexity index is 441. The second-order valence-electron chi connectivity index (χ2n) is 4.25. The summed E-state index contributed by atoms with van der Waals surface area (Å²) in [6.45, 7) is 2.67. The summed E-state index contributed by atoms with van der Waals surface area (Å²) < 4.78 is 0. The van der Waals surface area contributed by atoms with Crippen molar-refractivity contribution in [1.82, 2.24) is 9.88 Å². The minimum Gasteiger partial charge on any atom is -0.481 e. The molecule has 0 spiro atoms. The molecule has 2 amide bonds. The van der Waals surface area contributed by atoms with Crippen LogP contribution in [0.1, 0.15) is 19.0 Å². The first kappa shape index (κ1) is 15.9. The molecule has 1 aromatic rings. The summed E-state index contributed by atoms with van der Waals surface area (Å²) in [6, 6.07) is 2.85. The first-order chi connectivity index (χ1) is 9.56. The summed E-state index contributed by atoms with van der Waals surface area (Å²) in [7, 11) is 0. The number of aliphatic hydroxyl groups excluding tert-OH is 1. The van der Waals surface area contributed by atoms with Gasteiger partial charge in [-0.15, -0.1) is 0 Å². The number of nitrogens with one attached hydrogen (secondary N) is 1. The molecule has 3 N–H and O–H groups in total. The Hall–Kier alpha value is -2.15. The van der Waals surface area contributed by atoms with Gasteiger partial charge in [0, 0.05) is 13.1 Å². The van der Waals surface area contributed by atoms with Crippen molar-refractivity contribution < 1.29 is 19.8 Å². The molecule has 0 unspecified atom stereocenters. The Morgan fingerprint density at radius 3 is 2.60 bits per heavy atom. The van der Waals surface area contributed by atoms with E-state index in [1.165, 1.54) is 11.1 Å². The van der Waals surface area contributed by atoms with Gasteiger partial charge in [-0.05, 0) is 18.6 Å². The second-order valence-corrected chi connectivity index (χ2v) is 4.25. The number of aromatic nitrogens is 1. The lowest BCUT2D eigenvalue weighted by Gasteiger charge is -2.21. The number of anilines is 1. The largest absolute Gasteiger partial charge is 0.481 e. The van der Waals surface area contributed by atoms with Crippen molar-refractivity contribution in [1.29, 1.82) is 0 Å². The summed E-state index contributed by atoms with van der Waals surface area (Å²) in [6.07, 6.45) is 2.06. The Labute approximate surface area is 117 Å². The highest BCUT2D eigenvalue weighted by atomic mass is 16.4. The van der Waals surface area contributed by atoms with Gasteiger partial charge in [0.15, 0.2) is 0 Å². The Balaban J connectivity index is 2.62. The molecule has 0 aliphatic carbocycles. The van der Waals surface area contributed by atoms with Crippen LogP contribution >= 0.6 is 0 Å². The molecule has 0 bridgehead atoms. The fraction of sp³-hybridized carbons (Fsp3) is 0.462. The first-order valence-corrected chi connectivity index (χ1v) is 6.40. The van der Waals surface area contributed by atoms with E-state index in [0.29, 0.717) is 17.9 Å². The number of pyridine rings is 1. The number of aliphatic hydroxyl groups is 1. The molecule has 1 rings (SSSR count). The number of carbonyl (C=O) groups excluding carboxylic acids is 1. The van der Waals surface area contributed by atoms with Gasteiger partial charge in [0.05, 0.1) is 30.6 Å². The fourth-order valence-corrected chi connectivity index (χ4v) is 1.67. The fourth-order valence-electron chi connectivity index (χ4n) is 1.67. The molecule has 7 heteroatoms. The van der Waals surface area contributed by atoms with Crippen LogP contribution in [0.5, 0.6) is 0 Å². The molecule has 1 aromatic heterocycles. The maximum Gasteiger partial charge on any atom is 0.321 e. The lowest BCUT2D eigenvalue weighted by Crippen LogP contribution is -2.37. The third-order valence-corrected chi connectivity index (χ3v) is 2.56. The molecule has 0 aromatic carbocycles. The molecule has 0 atom stereocenters. The number of carbonyl (C=O) groups is 2. The number of hydrogen-bond acceptors (Lipinski definition) is 4. The van der Waals surface area contributed by atoms with Crippen molar-refractivity contribution in [2.24, 2.45) is 0 Å². The smallest absolute Gasteiger partial charge is 0.321 e. The maximum atomic E-state index is 11.9. The van der Waals surface area contributed by atoms with E-state index in [2.05, 4.69) is 10.3 Å². The number of hydrogen-bond donors (Lipinski definition) is 3. The summed E-state index contributed by atoms with van der Waals surface area (Å²) in [5.41, 5.74) is 0.916. The molecule has 0 saturated carbocycles. The Morgan fingerprint density at radius 1 is 1.35 bits per heavy atom. The van der Waals surface area contributed by atoms with Crippen LogP contribution in [0, 0.1) is 0 Å². The van der Waals surface area contributed by atoms with Gasteiger partial charge < -0.3 is 20.4 Å². The van der Waals surface area contributed by atoms with Gasteiger partial charge in [0.25, 0.3) is 0 Å².